The Balaban J connectivity index is 1.58. The number of nitrogens with two attached hydrogens (primary N) is 1. The Kier molecular flexibility index (Phi) is 7.64. The van der Waals surface area contributed by atoms with E-state index in [4.69, 9.17) is 17.3 Å². The lowest BCUT2D eigenvalue weighted by molar-refractivity contribution is 0.623. The van der Waals surface area contributed by atoms with E-state index in [0.29, 0.717) is 17.5 Å². The molecule has 2 aromatic carbocycles. The van der Waals surface area contributed by atoms with Crippen molar-refractivity contribution in [3.8, 4) is 0 Å². The monoisotopic (exact) mass is 413 g/mol. The third kappa shape index (κ3) is 6.91. The molecule has 1 unspecified atom stereocenters. The predicted molar refractivity (Wildman–Crippen MR) is 116 cm³/mol. The zero-order valence-corrected chi connectivity index (χ0v) is 16.9. The van der Waals surface area contributed by atoms with Crippen molar-refractivity contribution in [2.75, 3.05) is 13.1 Å². The maximum absolute atomic E-state index is 13.3. The second-order valence-electron chi connectivity index (χ2n) is 6.91. The third-order valence-electron chi connectivity index (χ3n) is 4.70. The molecule has 0 spiro atoms. The summed E-state index contributed by atoms with van der Waals surface area (Å²) >= 11 is 5.98. The van der Waals surface area contributed by atoms with E-state index in [1.165, 1.54) is 12.1 Å². The van der Waals surface area contributed by atoms with E-state index >= 15 is 0 Å². The molecule has 0 radical (unpaired) electrons. The molecule has 3 aromatic rings. The van der Waals surface area contributed by atoms with Gasteiger partial charge in [0.25, 0.3) is 0 Å². The summed E-state index contributed by atoms with van der Waals surface area (Å²) in [7, 11) is 0. The topological polar surface area (TPSA) is 79.1 Å². The second kappa shape index (κ2) is 10.6. The molecule has 1 atom stereocenters. The van der Waals surface area contributed by atoms with Crippen LogP contribution in [0, 0.1) is 5.82 Å². The lowest BCUT2D eigenvalue weighted by Crippen LogP contribution is -2.33. The van der Waals surface area contributed by atoms with E-state index in [1.807, 2.05) is 30.5 Å². The molecule has 1 aromatic heterocycles. The fourth-order valence-electron chi connectivity index (χ4n) is 3.11. The van der Waals surface area contributed by atoms with E-state index in [-0.39, 0.29) is 11.7 Å². The highest BCUT2D eigenvalue weighted by molar-refractivity contribution is 6.30. The van der Waals surface area contributed by atoms with Gasteiger partial charge in [-0.1, -0.05) is 35.9 Å². The molecule has 0 bridgehead atoms. The molecule has 5 nitrogen and oxygen atoms in total. The fraction of sp³-hybridized carbons (Fsp3) is 0.273. The molecule has 3 rings (SSSR count). The minimum absolute atomic E-state index is 0.0853. The number of aryl methyl sites for hydroxylation is 1. The van der Waals surface area contributed by atoms with Crippen molar-refractivity contribution < 1.29 is 4.39 Å². The number of aromatic nitrogens is 2. The van der Waals surface area contributed by atoms with Crippen LogP contribution in [0.5, 0.6) is 0 Å². The van der Waals surface area contributed by atoms with E-state index in [9.17, 15) is 4.39 Å². The number of hydrogen-bond acceptors (Lipinski definition) is 2. The molecule has 0 amide bonds. The first kappa shape index (κ1) is 20.9. The zero-order valence-electron chi connectivity index (χ0n) is 16.1. The summed E-state index contributed by atoms with van der Waals surface area (Å²) in [5, 5.41) is 3.85. The number of guanidine groups is 1. The van der Waals surface area contributed by atoms with Crippen LogP contribution >= 0.6 is 11.6 Å². The first-order valence-electron chi connectivity index (χ1n) is 9.61. The number of aromatic amines is 1. The lowest BCUT2D eigenvalue weighted by Gasteiger charge is -2.16. The SMILES string of the molecule is NC(=NCC(Cc1ccc(Cl)cc1)c1ccc(F)cc1)NCCCc1cnc[nH]1. The molecule has 152 valence electrons. The van der Waals surface area contributed by atoms with Gasteiger partial charge in [-0.3, -0.25) is 4.99 Å². The highest BCUT2D eigenvalue weighted by Crippen LogP contribution is 2.23. The number of halogens is 2. The van der Waals surface area contributed by atoms with Crippen molar-refractivity contribution >= 4 is 17.6 Å². The van der Waals surface area contributed by atoms with Crippen LogP contribution in [0.4, 0.5) is 4.39 Å². The molecule has 0 aliphatic carbocycles. The minimum atomic E-state index is -0.249. The number of nitrogens with one attached hydrogen (secondary N) is 2. The number of H-pyrrole nitrogens is 1. The van der Waals surface area contributed by atoms with E-state index < -0.39 is 0 Å². The van der Waals surface area contributed by atoms with Gasteiger partial charge in [-0.05, 0) is 54.7 Å². The summed E-state index contributed by atoms with van der Waals surface area (Å²) < 4.78 is 13.3. The normalized spacial score (nSPS) is 12.7. The Bertz CT molecular complexity index is 892. The summed E-state index contributed by atoms with van der Waals surface area (Å²) in [5.74, 6) is 0.251. The number of aliphatic imine (C=N–C) groups is 1. The molecule has 0 saturated heterocycles. The Labute approximate surface area is 175 Å². The van der Waals surface area contributed by atoms with Crippen LogP contribution in [0.1, 0.15) is 29.2 Å². The van der Waals surface area contributed by atoms with Crippen molar-refractivity contribution in [3.05, 3.63) is 88.7 Å². The van der Waals surface area contributed by atoms with Gasteiger partial charge in [-0.25, -0.2) is 9.37 Å². The summed E-state index contributed by atoms with van der Waals surface area (Å²) in [6.45, 7) is 1.24. The van der Waals surface area contributed by atoms with Crippen molar-refractivity contribution in [2.45, 2.75) is 25.2 Å². The van der Waals surface area contributed by atoms with Gasteiger partial charge in [0, 0.05) is 35.9 Å². The maximum atomic E-state index is 13.3. The van der Waals surface area contributed by atoms with E-state index in [0.717, 1.165) is 42.6 Å². The average Bonchev–Trinajstić information content (AvgIpc) is 3.24. The minimum Gasteiger partial charge on any atom is -0.370 e. The quantitative estimate of drug-likeness (QED) is 0.281. The van der Waals surface area contributed by atoms with Gasteiger partial charge in [0.15, 0.2) is 5.96 Å². The van der Waals surface area contributed by atoms with Gasteiger partial charge in [0.05, 0.1) is 6.33 Å². The van der Waals surface area contributed by atoms with Crippen LogP contribution in [0.2, 0.25) is 5.02 Å². The van der Waals surface area contributed by atoms with Crippen LogP contribution in [0.15, 0.2) is 66.0 Å². The highest BCUT2D eigenvalue weighted by atomic mass is 35.5. The molecule has 0 aliphatic heterocycles. The Morgan fingerprint density at radius 1 is 1.17 bits per heavy atom. The van der Waals surface area contributed by atoms with Crippen LogP contribution in [-0.2, 0) is 12.8 Å². The van der Waals surface area contributed by atoms with Gasteiger partial charge in [0.2, 0.25) is 0 Å². The number of nitrogens with zero attached hydrogens (tertiary/aromatic N) is 2. The summed E-state index contributed by atoms with van der Waals surface area (Å²) in [6, 6.07) is 14.3. The average molecular weight is 414 g/mol. The van der Waals surface area contributed by atoms with Crippen LogP contribution in [0.25, 0.3) is 0 Å². The summed E-state index contributed by atoms with van der Waals surface area (Å²) in [6.07, 6.45) is 6.08. The molecule has 1 heterocycles. The van der Waals surface area contributed by atoms with Gasteiger partial charge in [-0.15, -0.1) is 0 Å². The Morgan fingerprint density at radius 3 is 2.62 bits per heavy atom. The van der Waals surface area contributed by atoms with Crippen LogP contribution < -0.4 is 11.1 Å². The van der Waals surface area contributed by atoms with Crippen molar-refractivity contribution in [1.82, 2.24) is 15.3 Å². The Morgan fingerprint density at radius 2 is 1.93 bits per heavy atom. The molecule has 7 heteroatoms. The van der Waals surface area contributed by atoms with Crippen molar-refractivity contribution in [1.29, 1.82) is 0 Å². The number of benzene rings is 2. The standard InChI is InChI=1S/C22H25ClFN5/c23-19-7-3-16(4-8-19)12-18(17-5-9-20(24)10-6-17)13-28-22(25)27-11-1-2-21-14-26-15-29-21/h3-10,14-15,18H,1-2,11-13H2,(H,26,29)(H3,25,27,28). The van der Waals surface area contributed by atoms with E-state index in [1.54, 1.807) is 18.5 Å². The molecule has 0 saturated carbocycles. The van der Waals surface area contributed by atoms with Crippen LogP contribution in [0.3, 0.4) is 0 Å². The number of rotatable bonds is 9. The first-order valence-corrected chi connectivity index (χ1v) is 9.99. The third-order valence-corrected chi connectivity index (χ3v) is 4.95. The van der Waals surface area contributed by atoms with Gasteiger partial charge >= 0.3 is 0 Å². The van der Waals surface area contributed by atoms with Gasteiger partial charge in [-0.2, -0.15) is 0 Å². The second-order valence-corrected chi connectivity index (χ2v) is 7.35. The lowest BCUT2D eigenvalue weighted by atomic mass is 9.92. The molecule has 29 heavy (non-hydrogen) atoms. The summed E-state index contributed by atoms with van der Waals surface area (Å²) in [5.41, 5.74) is 9.31. The first-order chi connectivity index (χ1) is 14.1. The van der Waals surface area contributed by atoms with Gasteiger partial charge in [0.1, 0.15) is 5.82 Å². The number of hydrogen-bond donors (Lipinski definition) is 3. The largest absolute Gasteiger partial charge is 0.370 e. The smallest absolute Gasteiger partial charge is 0.188 e. The zero-order chi connectivity index (χ0) is 20.5. The maximum Gasteiger partial charge on any atom is 0.188 e. The van der Waals surface area contributed by atoms with E-state index in [2.05, 4.69) is 20.3 Å². The highest BCUT2D eigenvalue weighted by Gasteiger charge is 2.13. The molecule has 0 aliphatic rings. The van der Waals surface area contributed by atoms with Crippen molar-refractivity contribution in [2.24, 2.45) is 10.7 Å². The molecular formula is C22H25ClFN5. The summed E-state index contributed by atoms with van der Waals surface area (Å²) in [4.78, 5) is 11.6. The molecule has 4 N–H and O–H groups in total. The van der Waals surface area contributed by atoms with Crippen LogP contribution in [-0.4, -0.2) is 29.0 Å². The Hall–Kier alpha value is -2.86. The molecule has 0 fully saturated rings. The van der Waals surface area contributed by atoms with Gasteiger partial charge < -0.3 is 16.0 Å². The molecular weight excluding hydrogens is 389 g/mol. The van der Waals surface area contributed by atoms with Crippen molar-refractivity contribution in [3.63, 3.8) is 0 Å². The fourth-order valence-corrected chi connectivity index (χ4v) is 3.23. The number of imidazole rings is 1. The predicted octanol–water partition coefficient (Wildman–Crippen LogP) is 4.07.